The van der Waals surface area contributed by atoms with E-state index in [1.165, 1.54) is 5.56 Å². The summed E-state index contributed by atoms with van der Waals surface area (Å²) < 4.78 is 14.6. The number of nitrogens with two attached hydrogens (primary N) is 1. The molecule has 0 saturated heterocycles. The van der Waals surface area contributed by atoms with Crippen LogP contribution in [0.25, 0.3) is 5.70 Å². The summed E-state index contributed by atoms with van der Waals surface area (Å²) in [6.45, 7) is 7.81. The van der Waals surface area contributed by atoms with E-state index >= 15 is 0 Å². The maximum Gasteiger partial charge on any atom is 0.150 e. The summed E-state index contributed by atoms with van der Waals surface area (Å²) in [5.41, 5.74) is 11.6. The van der Waals surface area contributed by atoms with Gasteiger partial charge in [-0.25, -0.2) is 4.39 Å². The Hall–Kier alpha value is -2.29. The van der Waals surface area contributed by atoms with E-state index in [1.807, 2.05) is 45.0 Å². The monoisotopic (exact) mass is 298 g/mol. The summed E-state index contributed by atoms with van der Waals surface area (Å²) in [5.74, 6) is -0.259. The Morgan fingerprint density at radius 2 is 1.86 bits per heavy atom. The predicted octanol–water partition coefficient (Wildman–Crippen LogP) is 5.20. The molecule has 0 bridgehead atoms. The number of rotatable bonds is 4. The first-order chi connectivity index (χ1) is 10.4. The average Bonchev–Trinajstić information content (AvgIpc) is 2.46. The van der Waals surface area contributed by atoms with Gasteiger partial charge >= 0.3 is 0 Å². The third-order valence-electron chi connectivity index (χ3n) is 3.71. The standard InChI is InChI=1S/C19H23FN2/c1-5-6-16(21)15-9-8-13(3)18(20)19(15)22-17-10-7-12(2)11-14(17)4/h6-11,22H,5,21H2,1-4H3/b16-6+. The summed E-state index contributed by atoms with van der Waals surface area (Å²) in [6.07, 6.45) is 2.71. The zero-order chi connectivity index (χ0) is 16.3. The lowest BCUT2D eigenvalue weighted by Gasteiger charge is -2.17. The van der Waals surface area contributed by atoms with Crippen LogP contribution in [0, 0.1) is 26.6 Å². The lowest BCUT2D eigenvalue weighted by atomic mass is 10.0. The molecule has 3 N–H and O–H groups in total. The zero-order valence-corrected chi connectivity index (χ0v) is 13.6. The normalized spacial score (nSPS) is 11.6. The van der Waals surface area contributed by atoms with E-state index in [0.717, 1.165) is 17.7 Å². The molecule has 116 valence electrons. The van der Waals surface area contributed by atoms with Crippen molar-refractivity contribution in [2.24, 2.45) is 5.73 Å². The minimum absolute atomic E-state index is 0.259. The summed E-state index contributed by atoms with van der Waals surface area (Å²) in [7, 11) is 0. The fourth-order valence-electron chi connectivity index (χ4n) is 2.46. The summed E-state index contributed by atoms with van der Waals surface area (Å²) >= 11 is 0. The van der Waals surface area contributed by atoms with Crippen molar-refractivity contribution in [3.63, 3.8) is 0 Å². The number of aryl methyl sites for hydroxylation is 3. The molecular weight excluding hydrogens is 275 g/mol. The van der Waals surface area contributed by atoms with Gasteiger partial charge in [-0.2, -0.15) is 0 Å². The number of anilines is 2. The number of allylic oxidation sites excluding steroid dienone is 1. The first-order valence-electron chi connectivity index (χ1n) is 7.53. The SMILES string of the molecule is CC/C=C(/N)c1ccc(C)c(F)c1Nc1ccc(C)cc1C. The molecule has 0 aliphatic carbocycles. The predicted molar refractivity (Wildman–Crippen MR) is 92.8 cm³/mol. The fourth-order valence-corrected chi connectivity index (χ4v) is 2.46. The lowest BCUT2D eigenvalue weighted by Crippen LogP contribution is -2.06. The van der Waals surface area contributed by atoms with Crippen LogP contribution >= 0.6 is 0 Å². The highest BCUT2D eigenvalue weighted by Crippen LogP contribution is 2.31. The minimum Gasteiger partial charge on any atom is -0.398 e. The van der Waals surface area contributed by atoms with Gasteiger partial charge in [0, 0.05) is 16.9 Å². The molecule has 0 amide bonds. The number of hydrogen-bond donors (Lipinski definition) is 2. The summed E-state index contributed by atoms with van der Waals surface area (Å²) in [6, 6.07) is 9.67. The van der Waals surface area contributed by atoms with Crippen LogP contribution in [0.5, 0.6) is 0 Å². The second-order valence-corrected chi connectivity index (χ2v) is 5.63. The van der Waals surface area contributed by atoms with E-state index in [0.29, 0.717) is 22.5 Å². The Balaban J connectivity index is 2.53. The van der Waals surface area contributed by atoms with Crippen LogP contribution in [0.4, 0.5) is 15.8 Å². The van der Waals surface area contributed by atoms with Crippen LogP contribution in [0.3, 0.4) is 0 Å². The summed E-state index contributed by atoms with van der Waals surface area (Å²) in [4.78, 5) is 0. The van der Waals surface area contributed by atoms with Gasteiger partial charge in [-0.05, 0) is 44.4 Å². The van der Waals surface area contributed by atoms with Gasteiger partial charge < -0.3 is 11.1 Å². The maximum atomic E-state index is 14.6. The van der Waals surface area contributed by atoms with Crippen LogP contribution in [-0.2, 0) is 0 Å². The molecule has 0 aliphatic rings. The van der Waals surface area contributed by atoms with Crippen molar-refractivity contribution in [1.29, 1.82) is 0 Å². The molecule has 0 heterocycles. The third kappa shape index (κ3) is 3.30. The smallest absolute Gasteiger partial charge is 0.150 e. The van der Waals surface area contributed by atoms with Gasteiger partial charge in [-0.15, -0.1) is 0 Å². The van der Waals surface area contributed by atoms with Crippen molar-refractivity contribution < 1.29 is 4.39 Å². The highest BCUT2D eigenvalue weighted by Gasteiger charge is 2.14. The third-order valence-corrected chi connectivity index (χ3v) is 3.71. The van der Waals surface area contributed by atoms with E-state index < -0.39 is 0 Å². The molecule has 2 aromatic carbocycles. The molecule has 2 rings (SSSR count). The molecule has 3 heteroatoms. The first-order valence-corrected chi connectivity index (χ1v) is 7.53. The number of nitrogens with one attached hydrogen (secondary N) is 1. The number of hydrogen-bond acceptors (Lipinski definition) is 2. The summed E-state index contributed by atoms with van der Waals surface area (Å²) in [5, 5.41) is 3.22. The van der Waals surface area contributed by atoms with Gasteiger partial charge in [-0.1, -0.05) is 42.8 Å². The van der Waals surface area contributed by atoms with Gasteiger partial charge in [0.25, 0.3) is 0 Å². The average molecular weight is 298 g/mol. The number of halogens is 1. The first kappa shape index (κ1) is 16.1. The molecule has 22 heavy (non-hydrogen) atoms. The van der Waals surface area contributed by atoms with E-state index in [4.69, 9.17) is 5.73 Å². The van der Waals surface area contributed by atoms with Crippen LogP contribution < -0.4 is 11.1 Å². The second kappa shape index (κ2) is 6.65. The molecule has 0 aromatic heterocycles. The van der Waals surface area contributed by atoms with Gasteiger partial charge in [-0.3, -0.25) is 0 Å². The van der Waals surface area contributed by atoms with E-state index in [1.54, 1.807) is 13.0 Å². The van der Waals surface area contributed by atoms with Crippen LogP contribution in [0.15, 0.2) is 36.4 Å². The fraction of sp³-hybridized carbons (Fsp3) is 0.263. The Kier molecular flexibility index (Phi) is 4.86. The van der Waals surface area contributed by atoms with E-state index in [2.05, 4.69) is 11.4 Å². The van der Waals surface area contributed by atoms with Crippen molar-refractivity contribution in [2.75, 3.05) is 5.32 Å². The Morgan fingerprint density at radius 3 is 2.50 bits per heavy atom. The molecule has 0 atom stereocenters. The molecule has 2 nitrogen and oxygen atoms in total. The van der Waals surface area contributed by atoms with E-state index in [9.17, 15) is 4.39 Å². The molecule has 0 radical (unpaired) electrons. The highest BCUT2D eigenvalue weighted by atomic mass is 19.1. The second-order valence-electron chi connectivity index (χ2n) is 5.63. The van der Waals surface area contributed by atoms with Crippen molar-refractivity contribution in [2.45, 2.75) is 34.1 Å². The maximum absolute atomic E-state index is 14.6. The van der Waals surface area contributed by atoms with Crippen molar-refractivity contribution in [3.05, 3.63) is 64.5 Å². The topological polar surface area (TPSA) is 38.0 Å². The Bertz CT molecular complexity index is 718. The lowest BCUT2D eigenvalue weighted by molar-refractivity contribution is 0.622. The minimum atomic E-state index is -0.259. The largest absolute Gasteiger partial charge is 0.398 e. The van der Waals surface area contributed by atoms with Crippen LogP contribution in [-0.4, -0.2) is 0 Å². The molecule has 0 saturated carbocycles. The molecule has 0 aliphatic heterocycles. The molecule has 0 fully saturated rings. The van der Waals surface area contributed by atoms with E-state index in [-0.39, 0.29) is 5.82 Å². The molecule has 2 aromatic rings. The van der Waals surface area contributed by atoms with Gasteiger partial charge in [0.1, 0.15) is 5.82 Å². The van der Waals surface area contributed by atoms with Gasteiger partial charge in [0.2, 0.25) is 0 Å². The van der Waals surface area contributed by atoms with Crippen LogP contribution in [0.1, 0.15) is 35.6 Å². The number of benzene rings is 2. The molecule has 0 spiro atoms. The Morgan fingerprint density at radius 1 is 1.14 bits per heavy atom. The van der Waals surface area contributed by atoms with Crippen LogP contribution in [0.2, 0.25) is 0 Å². The quantitative estimate of drug-likeness (QED) is 0.813. The van der Waals surface area contributed by atoms with Crippen molar-refractivity contribution >= 4 is 17.1 Å². The van der Waals surface area contributed by atoms with Gasteiger partial charge in [0.15, 0.2) is 0 Å². The Labute approximate surface area is 131 Å². The zero-order valence-electron chi connectivity index (χ0n) is 13.6. The van der Waals surface area contributed by atoms with Crippen molar-refractivity contribution in [1.82, 2.24) is 0 Å². The molecule has 0 unspecified atom stereocenters. The van der Waals surface area contributed by atoms with Crippen molar-refractivity contribution in [3.8, 4) is 0 Å². The molecular formula is C19H23FN2. The highest BCUT2D eigenvalue weighted by molar-refractivity contribution is 5.79. The van der Waals surface area contributed by atoms with Gasteiger partial charge in [0.05, 0.1) is 5.69 Å².